The monoisotopic (exact) mass is 278 g/mol. The number of amides is 1. The van der Waals surface area contributed by atoms with E-state index < -0.39 is 0 Å². The van der Waals surface area contributed by atoms with Crippen LogP contribution in [0.2, 0.25) is 0 Å². The number of hydrogen-bond donors (Lipinski definition) is 1. The van der Waals surface area contributed by atoms with Crippen LogP contribution in [0.5, 0.6) is 0 Å². The van der Waals surface area contributed by atoms with Gasteiger partial charge in [0.2, 0.25) is 5.91 Å². The summed E-state index contributed by atoms with van der Waals surface area (Å²) in [6, 6.07) is 9.91. The fourth-order valence-corrected chi connectivity index (χ4v) is 2.98. The maximum absolute atomic E-state index is 11.5. The third-order valence-electron chi connectivity index (χ3n) is 2.40. The minimum atomic E-state index is 0.0171. The Hall–Kier alpha value is -1.33. The highest BCUT2D eigenvalue weighted by atomic mass is 32.2. The highest BCUT2D eigenvalue weighted by Gasteiger charge is 2.14. The molecule has 0 aliphatic rings. The number of nitrogens with zero attached hydrogens (tertiary/aromatic N) is 1. The van der Waals surface area contributed by atoms with Crippen molar-refractivity contribution in [2.24, 2.45) is 0 Å². The summed E-state index contributed by atoms with van der Waals surface area (Å²) in [5.74, 6) is 0.0171. The number of nitrogens with one attached hydrogen (secondary N) is 1. The van der Waals surface area contributed by atoms with Crippen LogP contribution in [0.25, 0.3) is 11.3 Å². The van der Waals surface area contributed by atoms with Gasteiger partial charge in [-0.3, -0.25) is 4.79 Å². The Kier molecular flexibility index (Phi) is 4.38. The number of anilines is 1. The molecular weight excluding hydrogens is 264 g/mol. The first-order valence-corrected chi connectivity index (χ1v) is 7.68. The molecule has 1 aromatic heterocycles. The van der Waals surface area contributed by atoms with E-state index in [9.17, 15) is 4.79 Å². The second-order valence-corrected chi connectivity index (χ2v) is 5.68. The summed E-state index contributed by atoms with van der Waals surface area (Å²) < 4.78 is 0.959. The molecule has 1 heterocycles. The second-order valence-electron chi connectivity index (χ2n) is 3.63. The summed E-state index contributed by atoms with van der Waals surface area (Å²) in [7, 11) is 0. The Balaban J connectivity index is 2.39. The van der Waals surface area contributed by atoms with E-state index in [4.69, 9.17) is 0 Å². The molecule has 1 aromatic carbocycles. The molecule has 0 bridgehead atoms. The van der Waals surface area contributed by atoms with E-state index in [0.717, 1.165) is 20.6 Å². The van der Waals surface area contributed by atoms with Gasteiger partial charge in [0.15, 0.2) is 4.34 Å². The van der Waals surface area contributed by atoms with E-state index in [1.165, 1.54) is 11.3 Å². The average Bonchev–Trinajstić information content (AvgIpc) is 2.82. The van der Waals surface area contributed by atoms with Gasteiger partial charge in [0.25, 0.3) is 0 Å². The SMILES string of the molecule is CCC(=O)Nc1sc(SC)nc1-c1ccccc1. The number of carbonyl (C=O) groups is 1. The third kappa shape index (κ3) is 2.91. The number of rotatable bonds is 4. The maximum Gasteiger partial charge on any atom is 0.224 e. The van der Waals surface area contributed by atoms with Crippen LogP contribution in [0.3, 0.4) is 0 Å². The lowest BCUT2D eigenvalue weighted by Crippen LogP contribution is -2.08. The van der Waals surface area contributed by atoms with Crippen LogP contribution in [-0.2, 0) is 4.79 Å². The maximum atomic E-state index is 11.5. The van der Waals surface area contributed by atoms with Crippen LogP contribution in [0, 0.1) is 0 Å². The standard InChI is InChI=1S/C13H14N2OS2/c1-3-10(16)14-12-11(15-13(17-2)18-12)9-7-5-4-6-8-9/h4-8H,3H2,1-2H3,(H,14,16). The minimum Gasteiger partial charge on any atom is -0.316 e. The number of thiazole rings is 1. The molecule has 2 rings (SSSR count). The van der Waals surface area contributed by atoms with Crippen LogP contribution < -0.4 is 5.32 Å². The summed E-state index contributed by atoms with van der Waals surface area (Å²) in [5.41, 5.74) is 1.88. The molecule has 3 nitrogen and oxygen atoms in total. The number of carbonyl (C=O) groups excluding carboxylic acids is 1. The Bertz CT molecular complexity index is 537. The van der Waals surface area contributed by atoms with Gasteiger partial charge in [-0.2, -0.15) is 0 Å². The molecule has 0 radical (unpaired) electrons. The quantitative estimate of drug-likeness (QED) is 0.863. The van der Waals surface area contributed by atoms with Crippen molar-refractivity contribution < 1.29 is 4.79 Å². The highest BCUT2D eigenvalue weighted by Crippen LogP contribution is 2.36. The van der Waals surface area contributed by atoms with Crippen molar-refractivity contribution in [3.63, 3.8) is 0 Å². The largest absolute Gasteiger partial charge is 0.316 e. The Morgan fingerprint density at radius 3 is 2.72 bits per heavy atom. The molecule has 5 heteroatoms. The van der Waals surface area contributed by atoms with Gasteiger partial charge in [-0.25, -0.2) is 4.98 Å². The fourth-order valence-electron chi connectivity index (χ4n) is 1.48. The van der Waals surface area contributed by atoms with Crippen LogP contribution in [0.1, 0.15) is 13.3 Å². The second kappa shape index (κ2) is 6.02. The molecule has 0 aliphatic heterocycles. The van der Waals surface area contributed by atoms with Gasteiger partial charge >= 0.3 is 0 Å². The van der Waals surface area contributed by atoms with Gasteiger partial charge in [0, 0.05) is 12.0 Å². The van der Waals surface area contributed by atoms with E-state index in [-0.39, 0.29) is 5.91 Å². The first-order chi connectivity index (χ1) is 8.74. The van der Waals surface area contributed by atoms with E-state index in [0.29, 0.717) is 6.42 Å². The van der Waals surface area contributed by atoms with Crippen LogP contribution in [-0.4, -0.2) is 17.1 Å². The zero-order valence-electron chi connectivity index (χ0n) is 10.3. The number of benzene rings is 1. The molecule has 0 saturated heterocycles. The van der Waals surface area contributed by atoms with Gasteiger partial charge in [-0.05, 0) is 6.26 Å². The zero-order chi connectivity index (χ0) is 13.0. The van der Waals surface area contributed by atoms with Crippen molar-refractivity contribution in [2.75, 3.05) is 11.6 Å². The van der Waals surface area contributed by atoms with Gasteiger partial charge in [0.1, 0.15) is 10.7 Å². The molecule has 0 atom stereocenters. The normalized spacial score (nSPS) is 10.3. The lowest BCUT2D eigenvalue weighted by Gasteiger charge is -2.03. The molecule has 0 spiro atoms. The predicted octanol–water partition coefficient (Wildman–Crippen LogP) is 3.88. The predicted molar refractivity (Wildman–Crippen MR) is 78.3 cm³/mol. The smallest absolute Gasteiger partial charge is 0.224 e. The molecule has 0 fully saturated rings. The van der Waals surface area contributed by atoms with Gasteiger partial charge in [-0.15, -0.1) is 0 Å². The van der Waals surface area contributed by atoms with E-state index >= 15 is 0 Å². The lowest BCUT2D eigenvalue weighted by atomic mass is 10.2. The first-order valence-electron chi connectivity index (χ1n) is 5.64. The molecule has 18 heavy (non-hydrogen) atoms. The highest BCUT2D eigenvalue weighted by molar-refractivity contribution is 8.00. The summed E-state index contributed by atoms with van der Waals surface area (Å²) >= 11 is 3.11. The van der Waals surface area contributed by atoms with Crippen molar-refractivity contribution in [3.8, 4) is 11.3 Å². The number of thioether (sulfide) groups is 1. The van der Waals surface area contributed by atoms with Gasteiger partial charge < -0.3 is 5.32 Å². The molecule has 0 saturated carbocycles. The Morgan fingerprint density at radius 1 is 1.39 bits per heavy atom. The summed E-state index contributed by atoms with van der Waals surface area (Å²) in [4.78, 5) is 16.1. The van der Waals surface area contributed by atoms with Crippen molar-refractivity contribution >= 4 is 34.0 Å². The first kappa shape index (κ1) is 13.1. The third-order valence-corrected chi connectivity index (χ3v) is 4.36. The van der Waals surface area contributed by atoms with Crippen molar-refractivity contribution in [1.82, 2.24) is 4.98 Å². The Morgan fingerprint density at radius 2 is 2.11 bits per heavy atom. The van der Waals surface area contributed by atoms with E-state index in [2.05, 4.69) is 10.3 Å². The van der Waals surface area contributed by atoms with Crippen molar-refractivity contribution in [3.05, 3.63) is 30.3 Å². The summed E-state index contributed by atoms with van der Waals surface area (Å²) in [6.45, 7) is 1.84. The Labute approximate surface area is 115 Å². The number of hydrogen-bond acceptors (Lipinski definition) is 4. The van der Waals surface area contributed by atoms with Crippen LogP contribution in [0.15, 0.2) is 34.7 Å². The average molecular weight is 278 g/mol. The minimum absolute atomic E-state index is 0.0171. The molecular formula is C13H14N2OS2. The van der Waals surface area contributed by atoms with E-state index in [1.807, 2.05) is 43.5 Å². The molecule has 94 valence electrons. The van der Waals surface area contributed by atoms with Crippen molar-refractivity contribution in [2.45, 2.75) is 17.7 Å². The van der Waals surface area contributed by atoms with Gasteiger partial charge in [0.05, 0.1) is 0 Å². The molecule has 2 aromatic rings. The van der Waals surface area contributed by atoms with Crippen LogP contribution >= 0.6 is 23.1 Å². The van der Waals surface area contributed by atoms with Crippen LogP contribution in [0.4, 0.5) is 5.00 Å². The summed E-state index contributed by atoms with van der Waals surface area (Å²) in [6.07, 6.45) is 2.46. The van der Waals surface area contributed by atoms with Gasteiger partial charge in [-0.1, -0.05) is 60.4 Å². The van der Waals surface area contributed by atoms with E-state index in [1.54, 1.807) is 11.8 Å². The molecule has 1 amide bonds. The topological polar surface area (TPSA) is 42.0 Å². The zero-order valence-corrected chi connectivity index (χ0v) is 11.9. The molecule has 0 unspecified atom stereocenters. The fraction of sp³-hybridized carbons (Fsp3) is 0.231. The molecule has 1 N–H and O–H groups in total. The van der Waals surface area contributed by atoms with Crippen molar-refractivity contribution in [1.29, 1.82) is 0 Å². The summed E-state index contributed by atoms with van der Waals surface area (Å²) in [5, 5.41) is 3.75. The number of aromatic nitrogens is 1. The molecule has 0 aliphatic carbocycles. The lowest BCUT2D eigenvalue weighted by molar-refractivity contribution is -0.115.